The van der Waals surface area contributed by atoms with E-state index in [0.717, 1.165) is 23.2 Å². The van der Waals surface area contributed by atoms with Crippen molar-refractivity contribution in [3.05, 3.63) is 30.0 Å². The van der Waals surface area contributed by atoms with Crippen LogP contribution >= 0.6 is 0 Å². The summed E-state index contributed by atoms with van der Waals surface area (Å²) in [7, 11) is 3.61. The molecule has 2 saturated heterocycles. The second kappa shape index (κ2) is 7.31. The largest absolute Gasteiger partial charge is 0.497 e. The van der Waals surface area contributed by atoms with E-state index in [1.807, 2.05) is 35.9 Å². The molecule has 1 aromatic carbocycles. The van der Waals surface area contributed by atoms with Crippen LogP contribution in [-0.2, 0) is 7.05 Å². The third-order valence-corrected chi connectivity index (χ3v) is 6.24. The zero-order valence-corrected chi connectivity index (χ0v) is 15.8. The second-order valence-corrected chi connectivity index (χ2v) is 7.72. The number of ether oxygens (including phenoxy) is 1. The summed E-state index contributed by atoms with van der Waals surface area (Å²) < 4.78 is 7.26. The standard InChI is InChI=1S/C21H29N3O2/c1-23-19-13-17(26-2)9-8-15(19)12-20(23)21(25)22-14-16-6-5-11-24-10-4-3-7-18(16)24/h8-9,12-13,16,18H,3-7,10-11,14H2,1-2H3,(H,22,25)/t16-,18-/m1/s1. The highest BCUT2D eigenvalue weighted by Crippen LogP contribution is 2.30. The van der Waals surface area contributed by atoms with Crippen molar-refractivity contribution in [3.8, 4) is 5.75 Å². The fourth-order valence-corrected chi connectivity index (χ4v) is 4.78. The maximum atomic E-state index is 12.8. The highest BCUT2D eigenvalue weighted by atomic mass is 16.5. The number of rotatable bonds is 4. The summed E-state index contributed by atoms with van der Waals surface area (Å²) in [5.41, 5.74) is 1.73. The van der Waals surface area contributed by atoms with Crippen LogP contribution in [-0.4, -0.2) is 48.2 Å². The quantitative estimate of drug-likeness (QED) is 0.916. The van der Waals surface area contributed by atoms with Gasteiger partial charge in [0.05, 0.1) is 12.6 Å². The van der Waals surface area contributed by atoms with Gasteiger partial charge in [0.1, 0.15) is 11.4 Å². The number of nitrogens with zero attached hydrogens (tertiary/aromatic N) is 2. The number of nitrogens with one attached hydrogen (secondary N) is 1. The number of amides is 1. The normalized spacial score (nSPS) is 23.6. The third kappa shape index (κ3) is 3.20. The molecule has 2 atom stereocenters. The molecule has 0 radical (unpaired) electrons. The molecule has 26 heavy (non-hydrogen) atoms. The number of hydrogen-bond acceptors (Lipinski definition) is 3. The predicted molar refractivity (Wildman–Crippen MR) is 104 cm³/mol. The van der Waals surface area contributed by atoms with Gasteiger partial charge in [-0.15, -0.1) is 0 Å². The number of piperidine rings is 2. The monoisotopic (exact) mass is 355 g/mol. The van der Waals surface area contributed by atoms with E-state index < -0.39 is 0 Å². The number of carbonyl (C=O) groups is 1. The fraction of sp³-hybridized carbons (Fsp3) is 0.571. The molecule has 1 N–H and O–H groups in total. The van der Waals surface area contributed by atoms with E-state index in [9.17, 15) is 4.79 Å². The van der Waals surface area contributed by atoms with Gasteiger partial charge < -0.3 is 19.5 Å². The smallest absolute Gasteiger partial charge is 0.267 e. The maximum absolute atomic E-state index is 12.8. The van der Waals surface area contributed by atoms with Gasteiger partial charge in [-0.25, -0.2) is 0 Å². The van der Waals surface area contributed by atoms with E-state index >= 15 is 0 Å². The molecule has 2 fully saturated rings. The van der Waals surface area contributed by atoms with Crippen LogP contribution in [0, 0.1) is 5.92 Å². The zero-order valence-electron chi connectivity index (χ0n) is 15.8. The molecule has 1 amide bonds. The van der Waals surface area contributed by atoms with Crippen molar-refractivity contribution in [3.63, 3.8) is 0 Å². The van der Waals surface area contributed by atoms with Crippen molar-refractivity contribution in [1.82, 2.24) is 14.8 Å². The molecule has 0 spiro atoms. The van der Waals surface area contributed by atoms with Gasteiger partial charge >= 0.3 is 0 Å². The summed E-state index contributed by atoms with van der Waals surface area (Å²) >= 11 is 0. The highest BCUT2D eigenvalue weighted by Gasteiger charge is 2.33. The Bertz CT molecular complexity index is 796. The molecule has 2 aromatic rings. The molecular weight excluding hydrogens is 326 g/mol. The second-order valence-electron chi connectivity index (χ2n) is 7.72. The van der Waals surface area contributed by atoms with E-state index in [0.29, 0.717) is 17.7 Å². The van der Waals surface area contributed by atoms with Gasteiger partial charge in [-0.2, -0.15) is 0 Å². The predicted octanol–water partition coefficient (Wildman–Crippen LogP) is 3.18. The van der Waals surface area contributed by atoms with Crippen LogP contribution in [0.5, 0.6) is 5.75 Å². The van der Waals surface area contributed by atoms with Crippen molar-refractivity contribution in [2.45, 2.75) is 38.1 Å². The van der Waals surface area contributed by atoms with Crippen molar-refractivity contribution in [2.24, 2.45) is 13.0 Å². The van der Waals surface area contributed by atoms with Gasteiger partial charge in [-0.1, -0.05) is 6.42 Å². The minimum absolute atomic E-state index is 0.0237. The van der Waals surface area contributed by atoms with Crippen LogP contribution in [0.3, 0.4) is 0 Å². The van der Waals surface area contributed by atoms with Crippen LogP contribution in [0.4, 0.5) is 0 Å². The molecule has 0 unspecified atom stereocenters. The molecule has 0 bridgehead atoms. The number of hydrogen-bond donors (Lipinski definition) is 1. The number of aryl methyl sites for hydroxylation is 1. The molecule has 2 aliphatic rings. The Morgan fingerprint density at radius 2 is 2.04 bits per heavy atom. The Kier molecular flexibility index (Phi) is 4.90. The summed E-state index contributed by atoms with van der Waals surface area (Å²) in [5, 5.41) is 4.28. The Balaban J connectivity index is 1.46. The van der Waals surface area contributed by atoms with Crippen LogP contribution in [0.2, 0.25) is 0 Å². The summed E-state index contributed by atoms with van der Waals surface area (Å²) in [5.74, 6) is 1.42. The average Bonchev–Trinajstić information content (AvgIpc) is 3.02. The van der Waals surface area contributed by atoms with Gasteiger partial charge in [0.2, 0.25) is 0 Å². The highest BCUT2D eigenvalue weighted by molar-refractivity contribution is 5.99. The van der Waals surface area contributed by atoms with E-state index in [1.54, 1.807) is 7.11 Å². The van der Waals surface area contributed by atoms with Crippen molar-refractivity contribution < 1.29 is 9.53 Å². The SMILES string of the molecule is COc1ccc2cc(C(=O)NC[C@H]3CCCN4CCCC[C@H]34)n(C)c2c1. The first-order valence-electron chi connectivity index (χ1n) is 9.83. The Hall–Kier alpha value is -2.01. The third-order valence-electron chi connectivity index (χ3n) is 6.24. The lowest BCUT2D eigenvalue weighted by molar-refractivity contribution is 0.0574. The molecule has 5 heteroatoms. The Morgan fingerprint density at radius 3 is 2.88 bits per heavy atom. The van der Waals surface area contributed by atoms with E-state index in [-0.39, 0.29) is 5.91 Å². The summed E-state index contributed by atoms with van der Waals surface area (Å²) in [6.07, 6.45) is 6.43. The van der Waals surface area contributed by atoms with Gasteiger partial charge in [-0.3, -0.25) is 4.79 Å². The molecule has 4 rings (SSSR count). The summed E-state index contributed by atoms with van der Waals surface area (Å²) in [6.45, 7) is 3.26. The first-order valence-corrected chi connectivity index (χ1v) is 9.83. The molecule has 0 saturated carbocycles. The molecule has 0 aliphatic carbocycles. The molecule has 5 nitrogen and oxygen atoms in total. The van der Waals surface area contributed by atoms with Crippen LogP contribution in [0.15, 0.2) is 24.3 Å². The summed E-state index contributed by atoms with van der Waals surface area (Å²) in [4.78, 5) is 15.5. The van der Waals surface area contributed by atoms with E-state index in [4.69, 9.17) is 4.74 Å². The summed E-state index contributed by atoms with van der Waals surface area (Å²) in [6, 6.07) is 8.55. The van der Waals surface area contributed by atoms with E-state index in [1.165, 1.54) is 45.2 Å². The van der Waals surface area contributed by atoms with Crippen molar-refractivity contribution in [1.29, 1.82) is 0 Å². The first-order chi connectivity index (χ1) is 12.7. The van der Waals surface area contributed by atoms with E-state index in [2.05, 4.69) is 10.2 Å². The first kappa shape index (κ1) is 17.4. The maximum Gasteiger partial charge on any atom is 0.267 e. The molecule has 140 valence electrons. The van der Waals surface area contributed by atoms with Crippen LogP contribution < -0.4 is 10.1 Å². The average molecular weight is 355 g/mol. The van der Waals surface area contributed by atoms with Gasteiger partial charge in [-0.05, 0) is 62.9 Å². The molecular formula is C21H29N3O2. The molecule has 3 heterocycles. The number of benzene rings is 1. The minimum Gasteiger partial charge on any atom is -0.497 e. The molecule has 2 aliphatic heterocycles. The lowest BCUT2D eigenvalue weighted by Crippen LogP contribution is -2.51. The molecule has 1 aromatic heterocycles. The Morgan fingerprint density at radius 1 is 1.19 bits per heavy atom. The number of carbonyl (C=O) groups excluding carboxylic acids is 1. The van der Waals surface area contributed by atoms with Crippen LogP contribution in [0.25, 0.3) is 10.9 Å². The number of methoxy groups -OCH3 is 1. The van der Waals surface area contributed by atoms with Gasteiger partial charge in [0, 0.05) is 31.1 Å². The topological polar surface area (TPSA) is 46.5 Å². The zero-order chi connectivity index (χ0) is 18.1. The fourth-order valence-electron chi connectivity index (χ4n) is 4.78. The lowest BCUT2D eigenvalue weighted by Gasteiger charge is -2.44. The van der Waals surface area contributed by atoms with Gasteiger partial charge in [0.25, 0.3) is 5.91 Å². The van der Waals surface area contributed by atoms with Crippen LogP contribution in [0.1, 0.15) is 42.6 Å². The lowest BCUT2D eigenvalue weighted by atomic mass is 9.83. The van der Waals surface area contributed by atoms with Crippen molar-refractivity contribution in [2.75, 3.05) is 26.7 Å². The number of aromatic nitrogens is 1. The van der Waals surface area contributed by atoms with Gasteiger partial charge in [0.15, 0.2) is 0 Å². The minimum atomic E-state index is 0.0237. The number of fused-ring (bicyclic) bond motifs is 2. The van der Waals surface area contributed by atoms with Crippen molar-refractivity contribution >= 4 is 16.8 Å². The Labute approximate surface area is 155 Å².